The van der Waals surface area contributed by atoms with Crippen molar-refractivity contribution in [2.75, 3.05) is 39.0 Å². The van der Waals surface area contributed by atoms with Gasteiger partial charge in [0.15, 0.2) is 0 Å². The molecule has 2 fully saturated rings. The molecule has 0 spiro atoms. The maximum atomic E-state index is 11.9. The summed E-state index contributed by atoms with van der Waals surface area (Å²) >= 11 is 0. The van der Waals surface area contributed by atoms with Crippen LogP contribution in [0.3, 0.4) is 0 Å². The number of hydrogen-bond donors (Lipinski definition) is 2. The van der Waals surface area contributed by atoms with Crippen LogP contribution in [0.1, 0.15) is 5.56 Å². The second-order valence-corrected chi connectivity index (χ2v) is 8.85. The normalized spacial score (nSPS) is 28.1. The van der Waals surface area contributed by atoms with Crippen LogP contribution in [0.25, 0.3) is 0 Å². The Balaban J connectivity index is 1.67. The number of benzene rings is 1. The van der Waals surface area contributed by atoms with E-state index >= 15 is 0 Å². The summed E-state index contributed by atoms with van der Waals surface area (Å²) in [5.41, 5.74) is 0.0740. The summed E-state index contributed by atoms with van der Waals surface area (Å²) in [7, 11) is -3.37. The summed E-state index contributed by atoms with van der Waals surface area (Å²) in [4.78, 5) is 14.0. The molecule has 8 heteroatoms. The number of phenols is 1. The first-order valence-corrected chi connectivity index (χ1v) is 9.74. The lowest BCUT2D eigenvalue weighted by Crippen LogP contribution is -2.42. The quantitative estimate of drug-likeness (QED) is 0.785. The van der Waals surface area contributed by atoms with Crippen LogP contribution < -0.4 is 0 Å². The van der Waals surface area contributed by atoms with E-state index in [4.69, 9.17) is 0 Å². The van der Waals surface area contributed by atoms with E-state index in [1.165, 1.54) is 4.31 Å². The average molecular weight is 354 g/mol. The van der Waals surface area contributed by atoms with Crippen molar-refractivity contribution < 1.29 is 23.4 Å². The van der Waals surface area contributed by atoms with E-state index in [0.29, 0.717) is 13.1 Å². The molecule has 2 saturated heterocycles. The molecule has 0 unspecified atom stereocenters. The highest BCUT2D eigenvalue weighted by Gasteiger charge is 2.58. The minimum Gasteiger partial charge on any atom is -0.508 e. The van der Waals surface area contributed by atoms with Crippen LogP contribution in [0.2, 0.25) is 0 Å². The third-order valence-corrected chi connectivity index (χ3v) is 6.41. The van der Waals surface area contributed by atoms with Crippen LogP contribution in [0.5, 0.6) is 5.75 Å². The number of hydrogen-bond acceptors (Lipinski definition) is 5. The van der Waals surface area contributed by atoms with Gasteiger partial charge in [-0.25, -0.2) is 12.7 Å². The summed E-state index contributed by atoms with van der Waals surface area (Å²) in [6.07, 6.45) is 1.89. The number of phenolic OH excluding ortho intramolecular Hbond substituents is 1. The van der Waals surface area contributed by atoms with Gasteiger partial charge < -0.3 is 15.1 Å². The van der Waals surface area contributed by atoms with Gasteiger partial charge >= 0.3 is 5.97 Å². The molecular formula is C16H22N2O5S. The molecular weight excluding hydrogens is 332 g/mol. The number of carboxylic acid groups (broad SMARTS) is 1. The Morgan fingerprint density at radius 2 is 1.92 bits per heavy atom. The molecule has 2 aliphatic rings. The fourth-order valence-corrected chi connectivity index (χ4v) is 4.71. The van der Waals surface area contributed by atoms with Crippen LogP contribution in [-0.4, -0.2) is 72.8 Å². The van der Waals surface area contributed by atoms with E-state index in [-0.39, 0.29) is 24.8 Å². The molecule has 1 aromatic carbocycles. The third-order valence-electron chi connectivity index (χ3n) is 5.20. The average Bonchev–Trinajstić information content (AvgIpc) is 3.01. The van der Waals surface area contributed by atoms with Gasteiger partial charge in [0.2, 0.25) is 10.0 Å². The molecule has 2 N–H and O–H groups in total. The highest BCUT2D eigenvalue weighted by atomic mass is 32.2. The van der Waals surface area contributed by atoms with Crippen LogP contribution in [-0.2, 0) is 21.2 Å². The Bertz CT molecular complexity index is 733. The van der Waals surface area contributed by atoms with Crippen LogP contribution >= 0.6 is 0 Å². The number of carboxylic acids is 1. The van der Waals surface area contributed by atoms with Gasteiger partial charge in [-0.3, -0.25) is 4.79 Å². The first-order valence-electron chi connectivity index (χ1n) is 7.89. The van der Waals surface area contributed by atoms with Crippen molar-refractivity contribution in [3.05, 3.63) is 29.8 Å². The molecule has 132 valence electrons. The largest absolute Gasteiger partial charge is 0.508 e. The minimum absolute atomic E-state index is 0.0571. The number of carbonyl (C=O) groups is 1. The lowest BCUT2D eigenvalue weighted by Gasteiger charge is -2.24. The second-order valence-electron chi connectivity index (χ2n) is 6.87. The van der Waals surface area contributed by atoms with Gasteiger partial charge in [0.25, 0.3) is 0 Å². The Morgan fingerprint density at radius 1 is 1.25 bits per heavy atom. The Labute approximate surface area is 141 Å². The lowest BCUT2D eigenvalue weighted by molar-refractivity contribution is -0.148. The van der Waals surface area contributed by atoms with Crippen molar-refractivity contribution in [3.8, 4) is 5.75 Å². The SMILES string of the molecule is CS(=O)(=O)N1C[C@@H]2CN(CCc3ccc(O)cc3)C[C@]2(C(=O)O)C1. The molecule has 0 aromatic heterocycles. The number of aromatic hydroxyl groups is 1. The summed E-state index contributed by atoms with van der Waals surface area (Å²) in [6, 6.07) is 6.97. The van der Waals surface area contributed by atoms with Gasteiger partial charge in [-0.2, -0.15) is 0 Å². The molecule has 2 aliphatic heterocycles. The number of rotatable bonds is 5. The zero-order valence-corrected chi connectivity index (χ0v) is 14.4. The van der Waals surface area contributed by atoms with E-state index in [1.807, 2.05) is 12.1 Å². The number of aliphatic carboxylic acids is 1. The molecule has 3 rings (SSSR count). The molecule has 1 aromatic rings. The van der Waals surface area contributed by atoms with E-state index < -0.39 is 21.4 Å². The van der Waals surface area contributed by atoms with E-state index in [2.05, 4.69) is 4.90 Å². The summed E-state index contributed by atoms with van der Waals surface area (Å²) < 4.78 is 24.8. The fourth-order valence-electron chi connectivity index (χ4n) is 3.80. The number of fused-ring (bicyclic) bond motifs is 1. The van der Waals surface area contributed by atoms with Crippen molar-refractivity contribution in [2.45, 2.75) is 6.42 Å². The number of nitrogens with zero attached hydrogens (tertiary/aromatic N) is 2. The molecule has 2 heterocycles. The predicted molar refractivity (Wildman–Crippen MR) is 88.2 cm³/mol. The van der Waals surface area contributed by atoms with Gasteiger partial charge in [0.1, 0.15) is 5.75 Å². The molecule has 24 heavy (non-hydrogen) atoms. The topological polar surface area (TPSA) is 98.2 Å². The zero-order valence-electron chi connectivity index (χ0n) is 13.6. The van der Waals surface area contributed by atoms with Crippen molar-refractivity contribution in [1.29, 1.82) is 0 Å². The number of likely N-dealkylation sites (tertiary alicyclic amines) is 1. The van der Waals surface area contributed by atoms with Crippen molar-refractivity contribution >= 4 is 16.0 Å². The van der Waals surface area contributed by atoms with E-state index in [0.717, 1.165) is 24.8 Å². The maximum absolute atomic E-state index is 11.9. The van der Waals surface area contributed by atoms with Crippen LogP contribution in [0, 0.1) is 11.3 Å². The molecule has 2 atom stereocenters. The molecule has 0 saturated carbocycles. The van der Waals surface area contributed by atoms with E-state index in [1.54, 1.807) is 12.1 Å². The van der Waals surface area contributed by atoms with Crippen molar-refractivity contribution in [3.63, 3.8) is 0 Å². The fraction of sp³-hybridized carbons (Fsp3) is 0.562. The Morgan fingerprint density at radius 3 is 2.46 bits per heavy atom. The molecule has 0 radical (unpaired) electrons. The van der Waals surface area contributed by atoms with Crippen LogP contribution in [0.4, 0.5) is 0 Å². The minimum atomic E-state index is -3.37. The summed E-state index contributed by atoms with van der Waals surface area (Å²) in [5, 5.41) is 19.0. The standard InChI is InChI=1S/C16H22N2O5S/c1-24(22,23)18-9-13-8-17(10-16(13,11-18)15(20)21)7-6-12-2-4-14(19)5-3-12/h2-5,13,19H,6-11H2,1H3,(H,20,21)/t13-,16-/m0/s1. The van der Waals surface area contributed by atoms with Gasteiger partial charge in [-0.05, 0) is 24.1 Å². The van der Waals surface area contributed by atoms with Gasteiger partial charge in [0.05, 0.1) is 11.7 Å². The van der Waals surface area contributed by atoms with Gasteiger partial charge in [-0.1, -0.05) is 12.1 Å². The lowest BCUT2D eigenvalue weighted by atomic mass is 9.81. The van der Waals surface area contributed by atoms with Crippen molar-refractivity contribution in [2.24, 2.45) is 11.3 Å². The third kappa shape index (κ3) is 3.13. The molecule has 0 bridgehead atoms. The summed E-state index contributed by atoms with van der Waals surface area (Å²) in [5.74, 6) is -0.865. The molecule has 0 aliphatic carbocycles. The Hall–Kier alpha value is -1.64. The monoisotopic (exact) mass is 354 g/mol. The van der Waals surface area contributed by atoms with Crippen LogP contribution in [0.15, 0.2) is 24.3 Å². The van der Waals surface area contributed by atoms with Gasteiger partial charge in [0, 0.05) is 38.6 Å². The second kappa shape index (κ2) is 6.02. The first kappa shape index (κ1) is 17.2. The number of sulfonamides is 1. The Kier molecular flexibility index (Phi) is 4.31. The van der Waals surface area contributed by atoms with Crippen molar-refractivity contribution in [1.82, 2.24) is 9.21 Å². The predicted octanol–water partition coefficient (Wildman–Crippen LogP) is 0.213. The van der Waals surface area contributed by atoms with E-state index in [9.17, 15) is 23.4 Å². The highest BCUT2D eigenvalue weighted by Crippen LogP contribution is 2.43. The summed E-state index contributed by atoms with van der Waals surface area (Å²) in [6.45, 7) is 2.02. The highest BCUT2D eigenvalue weighted by molar-refractivity contribution is 7.88. The zero-order chi connectivity index (χ0) is 17.5. The molecule has 0 amide bonds. The maximum Gasteiger partial charge on any atom is 0.312 e. The molecule has 7 nitrogen and oxygen atoms in total. The first-order chi connectivity index (χ1) is 11.2. The van der Waals surface area contributed by atoms with Gasteiger partial charge in [-0.15, -0.1) is 0 Å². The smallest absolute Gasteiger partial charge is 0.312 e.